The molecule has 0 N–H and O–H groups in total. The molecule has 1 fully saturated rings. The van der Waals surface area contributed by atoms with Crippen LogP contribution in [0.3, 0.4) is 0 Å². The summed E-state index contributed by atoms with van der Waals surface area (Å²) in [7, 11) is 0. The maximum atomic E-state index is 12.0. The number of nitrogens with zero attached hydrogens (tertiary/aromatic N) is 2. The van der Waals surface area contributed by atoms with Crippen molar-refractivity contribution >= 4 is 16.7 Å². The molecule has 0 spiro atoms. The van der Waals surface area contributed by atoms with Crippen LogP contribution in [0, 0.1) is 0 Å². The molecule has 23 heavy (non-hydrogen) atoms. The number of aromatic nitrogens is 1. The lowest BCUT2D eigenvalue weighted by molar-refractivity contribution is 0.0528. The molecule has 1 saturated heterocycles. The lowest BCUT2D eigenvalue weighted by atomic mass is 10.1. The number of fused-ring (bicyclic) bond motifs is 1. The molecule has 0 radical (unpaired) electrons. The van der Waals surface area contributed by atoms with E-state index in [2.05, 4.69) is 9.88 Å². The molecule has 1 aromatic carbocycles. The monoisotopic (exact) mass is 314 g/mol. The first-order valence-corrected chi connectivity index (χ1v) is 8.18. The van der Waals surface area contributed by atoms with E-state index in [-0.39, 0.29) is 5.97 Å². The lowest BCUT2D eigenvalue weighted by Gasteiger charge is -2.15. The fourth-order valence-corrected chi connectivity index (χ4v) is 2.90. The second kappa shape index (κ2) is 7.42. The van der Waals surface area contributed by atoms with Gasteiger partial charge >= 0.3 is 5.97 Å². The Kier molecular flexibility index (Phi) is 5.08. The molecule has 3 rings (SSSR count). The van der Waals surface area contributed by atoms with E-state index in [1.165, 1.54) is 25.9 Å². The maximum absolute atomic E-state index is 12.0. The number of pyridine rings is 1. The van der Waals surface area contributed by atoms with Gasteiger partial charge in [0.25, 0.3) is 0 Å². The van der Waals surface area contributed by atoms with E-state index in [9.17, 15) is 4.79 Å². The Morgan fingerprint density at radius 3 is 2.87 bits per heavy atom. The van der Waals surface area contributed by atoms with Crippen molar-refractivity contribution in [2.45, 2.75) is 19.8 Å². The summed E-state index contributed by atoms with van der Waals surface area (Å²) in [5.41, 5.74) is 0.481. The van der Waals surface area contributed by atoms with E-state index >= 15 is 0 Å². The highest BCUT2D eigenvalue weighted by Crippen LogP contribution is 2.24. The molecule has 0 atom stereocenters. The summed E-state index contributed by atoms with van der Waals surface area (Å²) < 4.78 is 11.0. The van der Waals surface area contributed by atoms with Gasteiger partial charge in [0.15, 0.2) is 0 Å². The molecule has 5 heteroatoms. The molecule has 2 aromatic rings. The van der Waals surface area contributed by atoms with Gasteiger partial charge in [-0.25, -0.2) is 4.79 Å². The normalized spacial score (nSPS) is 15.0. The van der Waals surface area contributed by atoms with Crippen LogP contribution in [0.2, 0.25) is 0 Å². The predicted molar refractivity (Wildman–Crippen MR) is 88.9 cm³/mol. The van der Waals surface area contributed by atoms with E-state index in [4.69, 9.17) is 9.47 Å². The van der Waals surface area contributed by atoms with Crippen LogP contribution in [0.15, 0.2) is 30.6 Å². The average molecular weight is 314 g/mol. The van der Waals surface area contributed by atoms with Gasteiger partial charge in [-0.15, -0.1) is 0 Å². The predicted octanol–water partition coefficient (Wildman–Crippen LogP) is 2.89. The van der Waals surface area contributed by atoms with E-state index < -0.39 is 0 Å². The van der Waals surface area contributed by atoms with E-state index in [0.717, 1.165) is 23.1 Å². The minimum Gasteiger partial charge on any atom is -0.492 e. The highest BCUT2D eigenvalue weighted by molar-refractivity contribution is 6.04. The van der Waals surface area contributed by atoms with Crippen molar-refractivity contribution in [3.05, 3.63) is 36.2 Å². The van der Waals surface area contributed by atoms with Crippen molar-refractivity contribution in [3.8, 4) is 5.75 Å². The Balaban J connectivity index is 1.74. The molecule has 1 aliphatic heterocycles. The minimum atomic E-state index is -0.347. The number of carbonyl (C=O) groups is 1. The van der Waals surface area contributed by atoms with Gasteiger partial charge in [-0.05, 0) is 51.1 Å². The third kappa shape index (κ3) is 3.79. The van der Waals surface area contributed by atoms with Gasteiger partial charge in [0.2, 0.25) is 0 Å². The summed E-state index contributed by atoms with van der Waals surface area (Å²) in [5.74, 6) is 0.424. The van der Waals surface area contributed by atoms with Gasteiger partial charge in [-0.1, -0.05) is 0 Å². The van der Waals surface area contributed by atoms with Gasteiger partial charge in [-0.3, -0.25) is 9.88 Å². The Morgan fingerprint density at radius 1 is 1.26 bits per heavy atom. The fourth-order valence-electron chi connectivity index (χ4n) is 2.90. The van der Waals surface area contributed by atoms with Crippen molar-refractivity contribution in [1.82, 2.24) is 9.88 Å². The summed E-state index contributed by atoms with van der Waals surface area (Å²) in [6.45, 7) is 6.08. The topological polar surface area (TPSA) is 51.7 Å². The van der Waals surface area contributed by atoms with Gasteiger partial charge in [0.05, 0.1) is 12.2 Å². The molecule has 122 valence electrons. The largest absolute Gasteiger partial charge is 0.492 e. The maximum Gasteiger partial charge on any atom is 0.340 e. The van der Waals surface area contributed by atoms with Crippen LogP contribution in [0.1, 0.15) is 30.1 Å². The molecular formula is C18H22N2O3. The lowest BCUT2D eigenvalue weighted by Crippen LogP contribution is -2.25. The first kappa shape index (κ1) is 15.7. The zero-order valence-corrected chi connectivity index (χ0v) is 13.5. The molecular weight excluding hydrogens is 292 g/mol. The van der Waals surface area contributed by atoms with Crippen LogP contribution >= 0.6 is 0 Å². The standard InChI is InChI=1S/C18H22N2O3/c1-2-22-18(21)17-13-19-12-14-5-6-15(11-16(14)17)23-10-9-20-7-3-4-8-20/h5-6,11-13H,2-4,7-10H2,1H3. The molecule has 0 unspecified atom stereocenters. The number of likely N-dealkylation sites (tertiary alicyclic amines) is 1. The van der Waals surface area contributed by atoms with E-state index in [1.807, 2.05) is 18.2 Å². The molecule has 2 heterocycles. The Labute approximate surface area is 136 Å². The summed E-state index contributed by atoms with van der Waals surface area (Å²) >= 11 is 0. The smallest absolute Gasteiger partial charge is 0.340 e. The van der Waals surface area contributed by atoms with Crippen molar-refractivity contribution in [2.24, 2.45) is 0 Å². The number of rotatable bonds is 6. The van der Waals surface area contributed by atoms with Crippen molar-refractivity contribution in [3.63, 3.8) is 0 Å². The van der Waals surface area contributed by atoms with Crippen molar-refractivity contribution in [1.29, 1.82) is 0 Å². The Morgan fingerprint density at radius 2 is 2.09 bits per heavy atom. The zero-order valence-electron chi connectivity index (χ0n) is 13.5. The number of ether oxygens (including phenoxy) is 2. The molecule has 0 bridgehead atoms. The third-order valence-electron chi connectivity index (χ3n) is 4.10. The van der Waals surface area contributed by atoms with Gasteiger partial charge in [0.1, 0.15) is 12.4 Å². The molecule has 1 aromatic heterocycles. The van der Waals surface area contributed by atoms with Crippen LogP contribution in [0.25, 0.3) is 10.8 Å². The van der Waals surface area contributed by atoms with Crippen molar-refractivity contribution < 1.29 is 14.3 Å². The number of benzene rings is 1. The highest BCUT2D eigenvalue weighted by Gasteiger charge is 2.13. The third-order valence-corrected chi connectivity index (χ3v) is 4.10. The first-order valence-electron chi connectivity index (χ1n) is 8.18. The van der Waals surface area contributed by atoms with Crippen LogP contribution in [0.4, 0.5) is 0 Å². The summed E-state index contributed by atoms with van der Waals surface area (Å²) in [4.78, 5) is 18.6. The van der Waals surface area contributed by atoms with E-state index in [0.29, 0.717) is 18.8 Å². The quantitative estimate of drug-likeness (QED) is 0.767. The fraction of sp³-hybridized carbons (Fsp3) is 0.444. The Hall–Kier alpha value is -2.14. The Bertz CT molecular complexity index is 681. The van der Waals surface area contributed by atoms with Gasteiger partial charge in [-0.2, -0.15) is 0 Å². The SMILES string of the molecule is CCOC(=O)c1cncc2ccc(OCCN3CCCC3)cc12. The molecule has 5 nitrogen and oxygen atoms in total. The van der Waals surface area contributed by atoms with Crippen molar-refractivity contribution in [2.75, 3.05) is 32.8 Å². The van der Waals surface area contributed by atoms with E-state index in [1.54, 1.807) is 19.3 Å². The second-order valence-corrected chi connectivity index (χ2v) is 5.69. The molecule has 0 amide bonds. The second-order valence-electron chi connectivity index (χ2n) is 5.69. The van der Waals surface area contributed by atoms with Gasteiger partial charge in [0, 0.05) is 29.7 Å². The van der Waals surface area contributed by atoms with Crippen LogP contribution in [0.5, 0.6) is 5.75 Å². The summed E-state index contributed by atoms with van der Waals surface area (Å²) in [6, 6.07) is 5.74. The number of carbonyl (C=O) groups excluding carboxylic acids is 1. The van der Waals surface area contributed by atoms with Crippen LogP contribution < -0.4 is 4.74 Å². The number of esters is 1. The van der Waals surface area contributed by atoms with Gasteiger partial charge < -0.3 is 9.47 Å². The molecule has 1 aliphatic rings. The average Bonchev–Trinajstić information content (AvgIpc) is 3.08. The highest BCUT2D eigenvalue weighted by atomic mass is 16.5. The summed E-state index contributed by atoms with van der Waals surface area (Å²) in [6.07, 6.45) is 5.86. The zero-order chi connectivity index (χ0) is 16.1. The number of hydrogen-bond donors (Lipinski definition) is 0. The first-order chi connectivity index (χ1) is 11.3. The minimum absolute atomic E-state index is 0.347. The number of hydrogen-bond acceptors (Lipinski definition) is 5. The molecule has 0 aliphatic carbocycles. The summed E-state index contributed by atoms with van der Waals surface area (Å²) in [5, 5.41) is 1.72. The van der Waals surface area contributed by atoms with Crippen LogP contribution in [-0.4, -0.2) is 48.7 Å². The molecule has 0 saturated carbocycles. The van der Waals surface area contributed by atoms with Crippen LogP contribution in [-0.2, 0) is 4.74 Å².